The van der Waals surface area contributed by atoms with Gasteiger partial charge in [-0.25, -0.2) is 8.79 Å². The Kier molecular flexibility index (Phi) is 2.72. The lowest BCUT2D eigenvalue weighted by atomic mass is 9.93. The number of imidazole rings is 1. The molecule has 0 radical (unpaired) electrons. The first-order valence-corrected chi connectivity index (χ1v) is 6.17. The first-order chi connectivity index (χ1) is 8.10. The van der Waals surface area contributed by atoms with E-state index in [0.717, 1.165) is 5.65 Å². The zero-order chi connectivity index (χ0) is 13.7. The number of fused-ring (bicyclic) bond motifs is 1. The van der Waals surface area contributed by atoms with Crippen LogP contribution in [0.3, 0.4) is 0 Å². The zero-order valence-corrected chi connectivity index (χ0v) is 12.0. The molecule has 2 aromatic heterocycles. The smallest absolute Gasteiger partial charge is 0.236 e. The van der Waals surface area contributed by atoms with Crippen LogP contribution in [0.2, 0.25) is 0 Å². The molecular formula is C14H21FN3+. The average molecular weight is 250 g/mol. The van der Waals surface area contributed by atoms with Crippen molar-refractivity contribution < 1.29 is 8.79 Å². The summed E-state index contributed by atoms with van der Waals surface area (Å²) < 4.78 is 18.0. The normalized spacial score (nSPS) is 13.3. The maximum absolute atomic E-state index is 13.9. The van der Waals surface area contributed by atoms with Gasteiger partial charge >= 0.3 is 0 Å². The summed E-state index contributed by atoms with van der Waals surface area (Å²) in [5.41, 5.74) is 1.24. The molecule has 0 amide bonds. The molecule has 2 aromatic rings. The summed E-state index contributed by atoms with van der Waals surface area (Å²) in [5, 5.41) is 0. The summed E-state index contributed by atoms with van der Waals surface area (Å²) in [7, 11) is 2.00. The van der Waals surface area contributed by atoms with Crippen molar-refractivity contribution in [3.63, 3.8) is 0 Å². The predicted molar refractivity (Wildman–Crippen MR) is 69.2 cm³/mol. The van der Waals surface area contributed by atoms with Crippen molar-refractivity contribution in [2.75, 3.05) is 0 Å². The molecule has 3 nitrogen and oxygen atoms in total. The molecule has 0 spiro atoms. The predicted octanol–water partition coefficient (Wildman–Crippen LogP) is 2.66. The van der Waals surface area contributed by atoms with E-state index in [0.29, 0.717) is 5.69 Å². The minimum atomic E-state index is -1.42. The Morgan fingerprint density at radius 1 is 1.22 bits per heavy atom. The number of hydrogen-bond donors (Lipinski definition) is 0. The van der Waals surface area contributed by atoms with Crippen LogP contribution in [0.5, 0.6) is 0 Å². The van der Waals surface area contributed by atoms with Gasteiger partial charge in [0.1, 0.15) is 11.9 Å². The van der Waals surface area contributed by atoms with Crippen molar-refractivity contribution in [3.05, 3.63) is 30.0 Å². The van der Waals surface area contributed by atoms with Crippen molar-refractivity contribution in [2.45, 2.75) is 45.7 Å². The first-order valence-electron chi connectivity index (χ1n) is 6.17. The lowest BCUT2D eigenvalue weighted by Gasteiger charge is -2.15. The quantitative estimate of drug-likeness (QED) is 0.713. The number of alkyl halides is 1. The molecule has 18 heavy (non-hydrogen) atoms. The van der Waals surface area contributed by atoms with E-state index in [1.807, 2.05) is 17.5 Å². The molecule has 98 valence electrons. The van der Waals surface area contributed by atoms with Crippen molar-refractivity contribution >= 4 is 5.65 Å². The summed E-state index contributed by atoms with van der Waals surface area (Å²) in [6.07, 6.45) is 3.73. The maximum atomic E-state index is 13.9. The fourth-order valence-electron chi connectivity index (χ4n) is 2.15. The molecule has 0 N–H and O–H groups in total. The monoisotopic (exact) mass is 250 g/mol. The van der Waals surface area contributed by atoms with Gasteiger partial charge in [0.2, 0.25) is 12.0 Å². The number of rotatable bonds is 1. The second-order valence-electron chi connectivity index (χ2n) is 6.34. The highest BCUT2D eigenvalue weighted by molar-refractivity contribution is 5.36. The molecular weight excluding hydrogens is 229 g/mol. The molecule has 0 aliphatic heterocycles. The maximum Gasteiger partial charge on any atom is 0.236 e. The van der Waals surface area contributed by atoms with Gasteiger partial charge in [-0.2, -0.15) is 0 Å². The molecule has 0 unspecified atom stereocenters. The number of hydrogen-bond acceptors (Lipinski definition) is 1. The highest BCUT2D eigenvalue weighted by Crippen LogP contribution is 2.25. The average Bonchev–Trinajstić information content (AvgIpc) is 2.54. The molecule has 0 atom stereocenters. The van der Waals surface area contributed by atoms with Crippen molar-refractivity contribution in [3.8, 4) is 0 Å². The van der Waals surface area contributed by atoms with Crippen LogP contribution >= 0.6 is 0 Å². The highest BCUT2D eigenvalue weighted by atomic mass is 19.1. The third-order valence-electron chi connectivity index (χ3n) is 3.20. The van der Waals surface area contributed by atoms with E-state index in [2.05, 4.69) is 36.5 Å². The molecule has 4 heteroatoms. The lowest BCUT2D eigenvalue weighted by molar-refractivity contribution is -0.515. The Morgan fingerprint density at radius 2 is 1.83 bits per heavy atom. The molecule has 0 aromatic carbocycles. The summed E-state index contributed by atoms with van der Waals surface area (Å²) in [6, 6.07) is 1.81. The zero-order valence-electron chi connectivity index (χ0n) is 12.0. The van der Waals surface area contributed by atoms with Crippen LogP contribution in [0.25, 0.3) is 5.65 Å². The van der Waals surface area contributed by atoms with Crippen molar-refractivity contribution in [2.24, 2.45) is 7.05 Å². The van der Waals surface area contributed by atoms with Crippen LogP contribution in [0.4, 0.5) is 4.39 Å². The summed E-state index contributed by atoms with van der Waals surface area (Å²) in [6.45, 7) is 9.54. The van der Waals surface area contributed by atoms with Crippen LogP contribution < -0.4 is 4.40 Å². The third-order valence-corrected chi connectivity index (χ3v) is 3.20. The van der Waals surface area contributed by atoms with E-state index in [1.165, 1.54) is 19.5 Å². The molecule has 0 aliphatic rings. The molecule has 2 rings (SSSR count). The molecule has 0 saturated heterocycles. The fraction of sp³-hybridized carbons (Fsp3) is 0.571. The third kappa shape index (κ3) is 2.11. The van der Waals surface area contributed by atoms with E-state index in [-0.39, 0.29) is 5.41 Å². The van der Waals surface area contributed by atoms with Crippen molar-refractivity contribution in [1.29, 1.82) is 0 Å². The van der Waals surface area contributed by atoms with Gasteiger partial charge in [-0.05, 0) is 13.8 Å². The van der Waals surface area contributed by atoms with Gasteiger partial charge in [0.15, 0.2) is 11.4 Å². The van der Waals surface area contributed by atoms with E-state index in [1.54, 1.807) is 6.33 Å². The second kappa shape index (κ2) is 3.77. The molecule has 0 saturated carbocycles. The number of aromatic nitrogens is 3. The SMILES string of the molecule is Cn1c(C(C)(C)C)c[n+]2cnc(C(C)(C)F)cc12. The molecule has 0 fully saturated rings. The summed E-state index contributed by atoms with van der Waals surface area (Å²) in [5.74, 6) is 0. The molecule has 2 heterocycles. The Balaban J connectivity index is 2.68. The fourth-order valence-corrected chi connectivity index (χ4v) is 2.15. The molecule has 0 bridgehead atoms. The first kappa shape index (κ1) is 13.0. The van der Waals surface area contributed by atoms with Gasteiger partial charge in [0, 0.05) is 5.41 Å². The van der Waals surface area contributed by atoms with Crippen LogP contribution in [0, 0.1) is 0 Å². The number of halogens is 1. The topological polar surface area (TPSA) is 21.9 Å². The van der Waals surface area contributed by atoms with Gasteiger partial charge in [0.25, 0.3) is 0 Å². The van der Waals surface area contributed by atoms with E-state index in [9.17, 15) is 4.39 Å². The minimum absolute atomic E-state index is 0.0478. The van der Waals surface area contributed by atoms with Crippen LogP contribution in [0.15, 0.2) is 18.6 Å². The number of nitrogens with zero attached hydrogens (tertiary/aromatic N) is 3. The minimum Gasteiger partial charge on any atom is -0.262 e. The van der Waals surface area contributed by atoms with Gasteiger partial charge in [-0.1, -0.05) is 20.8 Å². The van der Waals surface area contributed by atoms with E-state index >= 15 is 0 Å². The van der Waals surface area contributed by atoms with Gasteiger partial charge in [-0.3, -0.25) is 4.57 Å². The summed E-state index contributed by atoms with van der Waals surface area (Å²) >= 11 is 0. The van der Waals surface area contributed by atoms with E-state index < -0.39 is 5.67 Å². The largest absolute Gasteiger partial charge is 0.262 e. The second-order valence-corrected chi connectivity index (χ2v) is 6.34. The Labute approximate surface area is 107 Å². The Morgan fingerprint density at radius 3 is 2.33 bits per heavy atom. The highest BCUT2D eigenvalue weighted by Gasteiger charge is 2.28. The standard InChI is InChI=1S/C14H21FN3/c1-13(2,3)11-8-18-9-16-10(14(4,5)15)7-12(18)17(11)6/h7-9H,1-6H3/q+1. The van der Waals surface area contributed by atoms with Crippen LogP contribution in [0.1, 0.15) is 46.0 Å². The van der Waals surface area contributed by atoms with Crippen molar-refractivity contribution in [1.82, 2.24) is 9.55 Å². The Hall–Kier alpha value is -1.45. The van der Waals surface area contributed by atoms with Gasteiger partial charge < -0.3 is 0 Å². The van der Waals surface area contributed by atoms with E-state index in [4.69, 9.17) is 0 Å². The van der Waals surface area contributed by atoms with Gasteiger partial charge in [0.05, 0.1) is 13.1 Å². The van der Waals surface area contributed by atoms with Gasteiger partial charge in [-0.15, -0.1) is 4.98 Å². The summed E-state index contributed by atoms with van der Waals surface area (Å²) in [4.78, 5) is 4.19. The van der Waals surface area contributed by atoms with Crippen LogP contribution in [-0.4, -0.2) is 9.55 Å². The Bertz CT molecular complexity index is 585. The molecule has 0 aliphatic carbocycles. The number of aryl methyl sites for hydroxylation is 1. The van der Waals surface area contributed by atoms with Crippen LogP contribution in [-0.2, 0) is 18.1 Å². The lowest BCUT2D eigenvalue weighted by Crippen LogP contribution is -2.23.